The number of aliphatic imine (C=N–C) groups is 1. The molecule has 140 valence electrons. The van der Waals surface area contributed by atoms with E-state index in [9.17, 15) is 4.79 Å². The first-order valence-corrected chi connectivity index (χ1v) is 9.94. The predicted octanol–water partition coefficient (Wildman–Crippen LogP) is 3.53. The van der Waals surface area contributed by atoms with E-state index in [1.807, 2.05) is 44.2 Å². The van der Waals surface area contributed by atoms with Gasteiger partial charge in [0.25, 0.3) is 5.91 Å². The zero-order chi connectivity index (χ0) is 18.8. The van der Waals surface area contributed by atoms with Crippen molar-refractivity contribution in [3.05, 3.63) is 57.8 Å². The lowest BCUT2D eigenvalue weighted by Crippen LogP contribution is -2.36. The minimum Gasteiger partial charge on any atom is -0.357 e. The summed E-state index contributed by atoms with van der Waals surface area (Å²) in [6.07, 6.45) is 0.921. The summed E-state index contributed by atoms with van der Waals surface area (Å²) < 4.78 is 0. The number of benzene rings is 1. The van der Waals surface area contributed by atoms with Crippen LogP contribution in [0.25, 0.3) is 0 Å². The minimum absolute atomic E-state index is 0.0274. The number of carbonyl (C=O) groups excluding carboxylic acids is 1. The molecule has 2 aromatic rings. The van der Waals surface area contributed by atoms with Crippen molar-refractivity contribution < 1.29 is 4.79 Å². The number of thiophene rings is 1. The molecule has 0 saturated carbocycles. The van der Waals surface area contributed by atoms with Crippen LogP contribution in [0.1, 0.15) is 48.0 Å². The first kappa shape index (κ1) is 20.0. The first-order chi connectivity index (χ1) is 12.6. The Hall–Kier alpha value is -2.34. The Morgan fingerprint density at radius 1 is 1.15 bits per heavy atom. The second-order valence-corrected chi connectivity index (χ2v) is 7.14. The Bertz CT molecular complexity index is 695. The molecule has 1 aromatic carbocycles. The monoisotopic (exact) mass is 372 g/mol. The molecule has 1 aromatic heterocycles. The molecule has 3 N–H and O–H groups in total. The second kappa shape index (κ2) is 10.6. The van der Waals surface area contributed by atoms with Gasteiger partial charge in [-0.15, -0.1) is 11.3 Å². The third-order valence-electron chi connectivity index (χ3n) is 3.98. The largest absolute Gasteiger partial charge is 0.357 e. The van der Waals surface area contributed by atoms with Crippen molar-refractivity contribution in [2.45, 2.75) is 46.3 Å². The molecule has 0 aliphatic carbocycles. The van der Waals surface area contributed by atoms with E-state index < -0.39 is 0 Å². The van der Waals surface area contributed by atoms with Gasteiger partial charge in [0.15, 0.2) is 5.96 Å². The normalized spacial score (nSPS) is 12.5. The van der Waals surface area contributed by atoms with Crippen LogP contribution in [-0.2, 0) is 13.1 Å². The summed E-state index contributed by atoms with van der Waals surface area (Å²) in [7, 11) is 0. The predicted molar refractivity (Wildman–Crippen MR) is 110 cm³/mol. The Balaban J connectivity index is 1.92. The van der Waals surface area contributed by atoms with Crippen LogP contribution < -0.4 is 16.0 Å². The Labute approximate surface area is 159 Å². The van der Waals surface area contributed by atoms with Gasteiger partial charge in [-0.25, -0.2) is 4.99 Å². The second-order valence-electron chi connectivity index (χ2n) is 6.11. The van der Waals surface area contributed by atoms with Gasteiger partial charge in [-0.1, -0.05) is 25.1 Å². The van der Waals surface area contributed by atoms with Gasteiger partial charge in [0.1, 0.15) is 0 Å². The molecule has 26 heavy (non-hydrogen) atoms. The Kier molecular flexibility index (Phi) is 8.15. The third-order valence-corrected chi connectivity index (χ3v) is 4.86. The molecule has 6 heteroatoms. The molecule has 1 heterocycles. The molecular formula is C20H28N4OS. The van der Waals surface area contributed by atoms with E-state index in [2.05, 4.69) is 39.3 Å². The van der Waals surface area contributed by atoms with Crippen LogP contribution in [0.15, 0.2) is 46.8 Å². The zero-order valence-electron chi connectivity index (χ0n) is 15.7. The fourth-order valence-electron chi connectivity index (χ4n) is 2.27. The molecule has 0 fully saturated rings. The highest BCUT2D eigenvalue weighted by Crippen LogP contribution is 2.08. The van der Waals surface area contributed by atoms with Crippen molar-refractivity contribution in [1.29, 1.82) is 0 Å². The number of rotatable bonds is 8. The molecule has 1 amide bonds. The number of guanidine groups is 1. The lowest BCUT2D eigenvalue weighted by Gasteiger charge is -2.12. The van der Waals surface area contributed by atoms with E-state index in [0.717, 1.165) is 31.0 Å². The lowest BCUT2D eigenvalue weighted by atomic mass is 10.1. The molecular weight excluding hydrogens is 344 g/mol. The average Bonchev–Trinajstić information content (AvgIpc) is 3.17. The van der Waals surface area contributed by atoms with Crippen LogP contribution in [-0.4, -0.2) is 24.5 Å². The average molecular weight is 373 g/mol. The smallest absolute Gasteiger partial charge is 0.251 e. The lowest BCUT2D eigenvalue weighted by molar-refractivity contribution is 0.0939. The van der Waals surface area contributed by atoms with E-state index in [4.69, 9.17) is 0 Å². The minimum atomic E-state index is -0.0274. The fourth-order valence-corrected chi connectivity index (χ4v) is 2.91. The number of nitrogens with one attached hydrogen (secondary N) is 3. The Morgan fingerprint density at radius 2 is 1.92 bits per heavy atom. The quantitative estimate of drug-likeness (QED) is 0.491. The van der Waals surface area contributed by atoms with Gasteiger partial charge >= 0.3 is 0 Å². The standard InChI is InChI=1S/C20H28N4OS/c1-4-15(3)24-19(25)17-10-8-16(9-11-17)13-22-20(21-5-2)23-14-18-7-6-12-26-18/h6-12,15H,4-5,13-14H2,1-3H3,(H,24,25)(H2,21,22,23). The number of amides is 1. The van der Waals surface area contributed by atoms with E-state index in [1.165, 1.54) is 4.88 Å². The topological polar surface area (TPSA) is 65.5 Å². The maximum Gasteiger partial charge on any atom is 0.251 e. The van der Waals surface area contributed by atoms with Gasteiger partial charge in [-0.05, 0) is 49.4 Å². The molecule has 0 bridgehead atoms. The van der Waals surface area contributed by atoms with Gasteiger partial charge in [0, 0.05) is 23.0 Å². The van der Waals surface area contributed by atoms with Crippen LogP contribution in [0.3, 0.4) is 0 Å². The summed E-state index contributed by atoms with van der Waals surface area (Å²) in [5.74, 6) is 0.764. The molecule has 0 aliphatic heterocycles. The molecule has 0 radical (unpaired) electrons. The molecule has 0 spiro atoms. The first-order valence-electron chi connectivity index (χ1n) is 9.06. The molecule has 1 atom stereocenters. The summed E-state index contributed by atoms with van der Waals surface area (Å²) in [4.78, 5) is 18.0. The van der Waals surface area contributed by atoms with Crippen LogP contribution >= 0.6 is 11.3 Å². The van der Waals surface area contributed by atoms with Crippen LogP contribution in [0.4, 0.5) is 0 Å². The maximum absolute atomic E-state index is 12.1. The number of nitrogens with zero attached hydrogens (tertiary/aromatic N) is 1. The van der Waals surface area contributed by atoms with E-state index in [1.54, 1.807) is 11.3 Å². The van der Waals surface area contributed by atoms with Gasteiger partial charge in [0.05, 0.1) is 13.1 Å². The zero-order valence-corrected chi connectivity index (χ0v) is 16.5. The van der Waals surface area contributed by atoms with Crippen LogP contribution in [0, 0.1) is 0 Å². The molecule has 5 nitrogen and oxygen atoms in total. The number of carbonyl (C=O) groups is 1. The highest BCUT2D eigenvalue weighted by Gasteiger charge is 2.08. The van der Waals surface area contributed by atoms with Crippen molar-refractivity contribution in [2.24, 2.45) is 4.99 Å². The van der Waals surface area contributed by atoms with E-state index >= 15 is 0 Å². The van der Waals surface area contributed by atoms with Crippen molar-refractivity contribution in [2.75, 3.05) is 6.54 Å². The summed E-state index contributed by atoms with van der Waals surface area (Å²) in [5.41, 5.74) is 1.75. The third kappa shape index (κ3) is 6.52. The summed E-state index contributed by atoms with van der Waals surface area (Å²) >= 11 is 1.72. The van der Waals surface area contributed by atoms with Gasteiger partial charge in [0.2, 0.25) is 0 Å². The summed E-state index contributed by atoms with van der Waals surface area (Å²) in [6, 6.07) is 12.0. The highest BCUT2D eigenvalue weighted by atomic mass is 32.1. The maximum atomic E-state index is 12.1. The molecule has 1 unspecified atom stereocenters. The molecule has 0 aliphatic rings. The van der Waals surface area contributed by atoms with Gasteiger partial charge < -0.3 is 16.0 Å². The SMILES string of the molecule is CCNC(=NCc1ccc(C(=O)NC(C)CC)cc1)NCc1cccs1. The molecule has 0 saturated heterocycles. The van der Waals surface area contributed by atoms with Crippen molar-refractivity contribution >= 4 is 23.2 Å². The number of hydrogen-bond acceptors (Lipinski definition) is 3. The van der Waals surface area contributed by atoms with Crippen molar-refractivity contribution in [3.63, 3.8) is 0 Å². The van der Waals surface area contributed by atoms with E-state index in [-0.39, 0.29) is 11.9 Å². The summed E-state index contributed by atoms with van der Waals surface area (Å²) in [6.45, 7) is 8.25. The number of hydrogen-bond donors (Lipinski definition) is 3. The van der Waals surface area contributed by atoms with Crippen molar-refractivity contribution in [3.8, 4) is 0 Å². The Morgan fingerprint density at radius 3 is 2.54 bits per heavy atom. The van der Waals surface area contributed by atoms with Gasteiger partial charge in [-0.2, -0.15) is 0 Å². The van der Waals surface area contributed by atoms with Crippen LogP contribution in [0.5, 0.6) is 0 Å². The van der Waals surface area contributed by atoms with Crippen LogP contribution in [0.2, 0.25) is 0 Å². The molecule has 2 rings (SSSR count). The van der Waals surface area contributed by atoms with E-state index in [0.29, 0.717) is 12.1 Å². The fraction of sp³-hybridized carbons (Fsp3) is 0.400. The summed E-state index contributed by atoms with van der Waals surface area (Å²) in [5, 5.41) is 11.6. The highest BCUT2D eigenvalue weighted by molar-refractivity contribution is 7.09. The van der Waals surface area contributed by atoms with Gasteiger partial charge in [-0.3, -0.25) is 4.79 Å². The van der Waals surface area contributed by atoms with Crippen molar-refractivity contribution in [1.82, 2.24) is 16.0 Å².